The first-order valence-corrected chi connectivity index (χ1v) is 7.57. The van der Waals surface area contributed by atoms with Crippen LogP contribution in [0.1, 0.15) is 31.5 Å². The van der Waals surface area contributed by atoms with E-state index in [9.17, 15) is 4.79 Å². The van der Waals surface area contributed by atoms with Gasteiger partial charge in [-0.2, -0.15) is 0 Å². The molecule has 2 aromatic rings. The van der Waals surface area contributed by atoms with Crippen LogP contribution < -0.4 is 10.1 Å². The number of thiazole rings is 1. The Hall–Kier alpha value is -1.95. The lowest BCUT2D eigenvalue weighted by Crippen LogP contribution is -2.41. The first-order valence-electron chi connectivity index (χ1n) is 6.69. The van der Waals surface area contributed by atoms with Crippen LogP contribution in [0.3, 0.4) is 0 Å². The van der Waals surface area contributed by atoms with E-state index in [4.69, 9.17) is 4.74 Å². The molecule has 0 unspecified atom stereocenters. The second kappa shape index (κ2) is 6.67. The third-order valence-corrected chi connectivity index (χ3v) is 3.32. The smallest absolute Gasteiger partial charge is 0.226 e. The fraction of sp³-hybridized carbons (Fsp3) is 0.400. The summed E-state index contributed by atoms with van der Waals surface area (Å²) in [4.78, 5) is 20.2. The number of rotatable bonds is 5. The highest BCUT2D eigenvalue weighted by molar-refractivity contribution is 7.09. The Labute approximate surface area is 128 Å². The third kappa shape index (κ3) is 5.51. The van der Waals surface area contributed by atoms with E-state index in [1.165, 1.54) is 11.3 Å². The van der Waals surface area contributed by atoms with E-state index in [2.05, 4.69) is 15.3 Å². The van der Waals surface area contributed by atoms with E-state index in [-0.39, 0.29) is 11.4 Å². The molecule has 0 aliphatic rings. The van der Waals surface area contributed by atoms with Crippen molar-refractivity contribution in [3.63, 3.8) is 0 Å². The molecule has 0 aromatic carbocycles. The summed E-state index contributed by atoms with van der Waals surface area (Å²) in [6.07, 6.45) is 3.65. The quantitative estimate of drug-likeness (QED) is 0.922. The molecule has 5 nitrogen and oxygen atoms in total. The Bertz CT molecular complexity index is 590. The van der Waals surface area contributed by atoms with Crippen LogP contribution in [0, 0.1) is 0 Å². The summed E-state index contributed by atoms with van der Waals surface area (Å²) in [5, 5.41) is 5.66. The number of carbonyl (C=O) groups is 1. The number of ether oxygens (including phenoxy) is 1. The van der Waals surface area contributed by atoms with Crippen molar-refractivity contribution in [2.45, 2.75) is 39.3 Å². The monoisotopic (exact) mass is 305 g/mol. The molecule has 2 aromatic heterocycles. The number of hydrogen-bond acceptors (Lipinski definition) is 5. The van der Waals surface area contributed by atoms with E-state index in [1.807, 2.05) is 38.3 Å². The van der Waals surface area contributed by atoms with Crippen LogP contribution in [0.25, 0.3) is 0 Å². The molecule has 1 amide bonds. The molecule has 112 valence electrons. The zero-order valence-corrected chi connectivity index (χ0v) is 13.2. The number of amides is 1. The average Bonchev–Trinajstić information content (AvgIpc) is 2.83. The SMILES string of the molecule is CC(C)(C)NC(=O)Cc1csc(COc2cccnc2)n1. The zero-order chi connectivity index (χ0) is 15.3. The Morgan fingerprint density at radius 3 is 2.90 bits per heavy atom. The van der Waals surface area contributed by atoms with Crippen molar-refractivity contribution < 1.29 is 9.53 Å². The maximum absolute atomic E-state index is 11.8. The number of aromatic nitrogens is 2. The molecule has 21 heavy (non-hydrogen) atoms. The highest BCUT2D eigenvalue weighted by Crippen LogP contribution is 2.14. The van der Waals surface area contributed by atoms with Crippen LogP contribution in [0.4, 0.5) is 0 Å². The Morgan fingerprint density at radius 2 is 2.24 bits per heavy atom. The molecular formula is C15H19N3O2S. The molecular weight excluding hydrogens is 286 g/mol. The maximum Gasteiger partial charge on any atom is 0.226 e. The first-order chi connectivity index (χ1) is 9.92. The molecule has 0 saturated carbocycles. The van der Waals surface area contributed by atoms with Gasteiger partial charge in [-0.1, -0.05) is 0 Å². The van der Waals surface area contributed by atoms with Gasteiger partial charge in [0.05, 0.1) is 18.3 Å². The van der Waals surface area contributed by atoms with Gasteiger partial charge in [0.15, 0.2) is 0 Å². The summed E-state index contributed by atoms with van der Waals surface area (Å²) in [5.41, 5.74) is 0.547. The van der Waals surface area contributed by atoms with Gasteiger partial charge in [0.1, 0.15) is 17.4 Å². The lowest BCUT2D eigenvalue weighted by Gasteiger charge is -2.20. The van der Waals surface area contributed by atoms with Crippen molar-refractivity contribution in [1.29, 1.82) is 0 Å². The molecule has 0 radical (unpaired) electrons. The van der Waals surface area contributed by atoms with E-state index in [0.717, 1.165) is 10.7 Å². The minimum atomic E-state index is -0.223. The van der Waals surface area contributed by atoms with Crippen molar-refractivity contribution in [2.24, 2.45) is 0 Å². The summed E-state index contributed by atoms with van der Waals surface area (Å²) in [7, 11) is 0. The molecule has 6 heteroatoms. The van der Waals surface area contributed by atoms with Crippen LogP contribution in [0.15, 0.2) is 29.9 Å². The van der Waals surface area contributed by atoms with E-state index >= 15 is 0 Å². The van der Waals surface area contributed by atoms with E-state index in [0.29, 0.717) is 18.8 Å². The lowest BCUT2D eigenvalue weighted by atomic mass is 10.1. The standard InChI is InChI=1S/C15H19N3O2S/c1-15(2,3)18-13(19)7-11-10-21-14(17-11)9-20-12-5-4-6-16-8-12/h4-6,8,10H,7,9H2,1-3H3,(H,18,19). The molecule has 2 rings (SSSR count). The summed E-state index contributed by atoms with van der Waals surface area (Å²) in [6, 6.07) is 3.66. The molecule has 0 fully saturated rings. The highest BCUT2D eigenvalue weighted by atomic mass is 32.1. The van der Waals surface area contributed by atoms with Crippen LogP contribution >= 0.6 is 11.3 Å². The van der Waals surface area contributed by atoms with E-state index in [1.54, 1.807) is 12.4 Å². The van der Waals surface area contributed by atoms with Gasteiger partial charge in [0.2, 0.25) is 5.91 Å². The Morgan fingerprint density at radius 1 is 1.43 bits per heavy atom. The predicted octanol–water partition coefficient (Wildman–Crippen LogP) is 2.57. The molecule has 0 spiro atoms. The van der Waals surface area contributed by atoms with Gasteiger partial charge < -0.3 is 10.1 Å². The Kier molecular flexibility index (Phi) is 4.90. The van der Waals surface area contributed by atoms with Crippen molar-refractivity contribution in [1.82, 2.24) is 15.3 Å². The number of hydrogen-bond donors (Lipinski definition) is 1. The number of nitrogens with zero attached hydrogens (tertiary/aromatic N) is 2. The lowest BCUT2D eigenvalue weighted by molar-refractivity contribution is -0.121. The zero-order valence-electron chi connectivity index (χ0n) is 12.4. The second-order valence-electron chi connectivity index (χ2n) is 5.68. The van der Waals surface area contributed by atoms with Crippen LogP contribution in [0.2, 0.25) is 0 Å². The highest BCUT2D eigenvalue weighted by Gasteiger charge is 2.15. The van der Waals surface area contributed by atoms with Gasteiger partial charge in [-0.25, -0.2) is 4.98 Å². The normalized spacial score (nSPS) is 11.2. The van der Waals surface area contributed by atoms with Crippen LogP contribution in [-0.4, -0.2) is 21.4 Å². The van der Waals surface area contributed by atoms with Gasteiger partial charge in [0.25, 0.3) is 0 Å². The summed E-state index contributed by atoms with van der Waals surface area (Å²) >= 11 is 1.49. The van der Waals surface area contributed by atoms with Gasteiger partial charge in [-0.3, -0.25) is 9.78 Å². The second-order valence-corrected chi connectivity index (χ2v) is 6.63. The molecule has 0 bridgehead atoms. The molecule has 2 heterocycles. The molecule has 0 atom stereocenters. The van der Waals surface area contributed by atoms with Crippen molar-refractivity contribution in [3.8, 4) is 5.75 Å². The van der Waals surface area contributed by atoms with Gasteiger partial charge >= 0.3 is 0 Å². The molecule has 1 N–H and O–H groups in total. The number of pyridine rings is 1. The molecule has 0 aliphatic carbocycles. The summed E-state index contributed by atoms with van der Waals surface area (Å²) < 4.78 is 5.58. The molecule has 0 saturated heterocycles. The Balaban J connectivity index is 1.85. The van der Waals surface area contributed by atoms with Gasteiger partial charge in [-0.15, -0.1) is 11.3 Å². The number of nitrogens with one attached hydrogen (secondary N) is 1. The van der Waals surface area contributed by atoms with E-state index < -0.39 is 0 Å². The summed E-state index contributed by atoms with van der Waals surface area (Å²) in [6.45, 7) is 6.26. The summed E-state index contributed by atoms with van der Waals surface area (Å²) in [5.74, 6) is 0.687. The maximum atomic E-state index is 11.8. The average molecular weight is 305 g/mol. The topological polar surface area (TPSA) is 64.1 Å². The van der Waals surface area contributed by atoms with Gasteiger partial charge in [0, 0.05) is 17.1 Å². The van der Waals surface area contributed by atoms with Crippen molar-refractivity contribution in [3.05, 3.63) is 40.6 Å². The van der Waals surface area contributed by atoms with Crippen molar-refractivity contribution in [2.75, 3.05) is 0 Å². The fourth-order valence-corrected chi connectivity index (χ4v) is 2.41. The molecule has 0 aliphatic heterocycles. The first kappa shape index (κ1) is 15.4. The largest absolute Gasteiger partial charge is 0.485 e. The number of carbonyl (C=O) groups excluding carboxylic acids is 1. The predicted molar refractivity (Wildman–Crippen MR) is 82.3 cm³/mol. The van der Waals surface area contributed by atoms with Crippen LogP contribution in [0.5, 0.6) is 5.75 Å². The third-order valence-electron chi connectivity index (χ3n) is 2.45. The fourth-order valence-electron chi connectivity index (χ4n) is 1.70. The van der Waals surface area contributed by atoms with Gasteiger partial charge in [-0.05, 0) is 32.9 Å². The minimum Gasteiger partial charge on any atom is -0.485 e. The minimum absolute atomic E-state index is 0.0208. The van der Waals surface area contributed by atoms with Crippen LogP contribution in [-0.2, 0) is 17.8 Å². The van der Waals surface area contributed by atoms with Crippen molar-refractivity contribution >= 4 is 17.2 Å².